The van der Waals surface area contributed by atoms with Crippen LogP contribution in [0, 0.1) is 6.92 Å². The summed E-state index contributed by atoms with van der Waals surface area (Å²) in [7, 11) is 0. The summed E-state index contributed by atoms with van der Waals surface area (Å²) in [6, 6.07) is 9.89. The fraction of sp³-hybridized carbons (Fsp3) is 0.444. The molecular weight excluding hydrogens is 322 g/mol. The molecule has 0 atom stereocenters. The van der Waals surface area contributed by atoms with E-state index in [1.54, 1.807) is 0 Å². The number of anilines is 2. The van der Waals surface area contributed by atoms with Crippen LogP contribution in [0.5, 0.6) is 0 Å². The number of aromatic nitrogens is 2. The number of aryl methyl sites for hydroxylation is 1. The van der Waals surface area contributed by atoms with Crippen molar-refractivity contribution in [3.05, 3.63) is 46.7 Å². The van der Waals surface area contributed by atoms with Crippen molar-refractivity contribution in [1.82, 2.24) is 14.9 Å². The second-order valence-electron chi connectivity index (χ2n) is 6.02. The van der Waals surface area contributed by atoms with Gasteiger partial charge < -0.3 is 15.1 Å². The van der Waals surface area contributed by atoms with Crippen molar-refractivity contribution < 1.29 is 0 Å². The molecule has 2 aromatic rings. The molecule has 1 saturated heterocycles. The van der Waals surface area contributed by atoms with Crippen LogP contribution in [0.25, 0.3) is 0 Å². The Bertz CT molecular complexity index is 683. The van der Waals surface area contributed by atoms with Crippen molar-refractivity contribution in [2.75, 3.05) is 42.9 Å². The molecule has 0 spiro atoms. The quantitative estimate of drug-likeness (QED) is 0.901. The molecule has 1 aromatic carbocycles. The Morgan fingerprint density at radius 1 is 1.12 bits per heavy atom. The van der Waals surface area contributed by atoms with Crippen molar-refractivity contribution in [3.8, 4) is 0 Å². The Kier molecular flexibility index (Phi) is 5.53. The first kappa shape index (κ1) is 17.0. The highest BCUT2D eigenvalue weighted by molar-refractivity contribution is 6.31. The molecule has 0 bridgehead atoms. The van der Waals surface area contributed by atoms with E-state index >= 15 is 0 Å². The number of halogens is 1. The third-order valence-corrected chi connectivity index (χ3v) is 4.75. The molecule has 1 aromatic heterocycles. The third kappa shape index (κ3) is 4.16. The number of piperazine rings is 1. The third-order valence-electron chi connectivity index (χ3n) is 4.39. The molecule has 3 rings (SSSR count). The van der Waals surface area contributed by atoms with E-state index in [0.717, 1.165) is 60.8 Å². The highest BCUT2D eigenvalue weighted by atomic mass is 35.5. The summed E-state index contributed by atoms with van der Waals surface area (Å²) in [5.74, 6) is 2.63. The summed E-state index contributed by atoms with van der Waals surface area (Å²) in [5.41, 5.74) is 1.06. The highest BCUT2D eigenvalue weighted by Crippen LogP contribution is 2.20. The first-order chi connectivity index (χ1) is 11.7. The van der Waals surface area contributed by atoms with Gasteiger partial charge in [-0.05, 0) is 25.1 Å². The molecular formula is C18H24ClN5. The maximum absolute atomic E-state index is 6.22. The van der Waals surface area contributed by atoms with Crippen LogP contribution in [-0.4, -0.2) is 47.6 Å². The molecule has 1 fully saturated rings. The van der Waals surface area contributed by atoms with Gasteiger partial charge in [0, 0.05) is 43.8 Å². The van der Waals surface area contributed by atoms with Crippen LogP contribution in [0.15, 0.2) is 30.3 Å². The van der Waals surface area contributed by atoms with E-state index in [4.69, 9.17) is 11.6 Å². The van der Waals surface area contributed by atoms with Gasteiger partial charge in [0.25, 0.3) is 0 Å². The average molecular weight is 346 g/mol. The van der Waals surface area contributed by atoms with Crippen molar-refractivity contribution >= 4 is 23.2 Å². The van der Waals surface area contributed by atoms with E-state index in [9.17, 15) is 0 Å². The minimum Gasteiger partial charge on any atom is -0.366 e. The number of nitrogens with one attached hydrogen (secondary N) is 1. The van der Waals surface area contributed by atoms with Gasteiger partial charge in [-0.1, -0.05) is 36.7 Å². The zero-order chi connectivity index (χ0) is 16.9. The van der Waals surface area contributed by atoms with Gasteiger partial charge in [0.05, 0.1) is 0 Å². The van der Waals surface area contributed by atoms with E-state index in [1.807, 2.05) is 37.3 Å². The SMILES string of the molecule is CCN1CCN(c2cc(NCc3ccccc3Cl)nc(C)n2)CC1. The smallest absolute Gasteiger partial charge is 0.134 e. The fourth-order valence-electron chi connectivity index (χ4n) is 2.93. The second-order valence-corrected chi connectivity index (χ2v) is 6.43. The normalized spacial score (nSPS) is 15.5. The summed E-state index contributed by atoms with van der Waals surface area (Å²) in [4.78, 5) is 13.9. The molecule has 24 heavy (non-hydrogen) atoms. The lowest BCUT2D eigenvalue weighted by Crippen LogP contribution is -2.46. The Hall–Kier alpha value is -1.85. The fourth-order valence-corrected chi connectivity index (χ4v) is 3.13. The van der Waals surface area contributed by atoms with Crippen LogP contribution in [0.3, 0.4) is 0 Å². The van der Waals surface area contributed by atoms with Gasteiger partial charge in [-0.15, -0.1) is 0 Å². The summed E-state index contributed by atoms with van der Waals surface area (Å²) >= 11 is 6.22. The van der Waals surface area contributed by atoms with Gasteiger partial charge in [0.15, 0.2) is 0 Å². The van der Waals surface area contributed by atoms with Crippen LogP contribution in [0.1, 0.15) is 18.3 Å². The maximum atomic E-state index is 6.22. The molecule has 128 valence electrons. The van der Waals surface area contributed by atoms with Crippen LogP contribution in [-0.2, 0) is 6.54 Å². The molecule has 0 aliphatic carbocycles. The summed E-state index contributed by atoms with van der Waals surface area (Å²) < 4.78 is 0. The van der Waals surface area contributed by atoms with Gasteiger partial charge in [-0.3, -0.25) is 0 Å². The first-order valence-corrected chi connectivity index (χ1v) is 8.84. The number of benzene rings is 1. The van der Waals surface area contributed by atoms with E-state index in [1.165, 1.54) is 0 Å². The van der Waals surface area contributed by atoms with Crippen molar-refractivity contribution in [2.45, 2.75) is 20.4 Å². The van der Waals surface area contributed by atoms with Gasteiger partial charge in [0.1, 0.15) is 17.5 Å². The number of hydrogen-bond acceptors (Lipinski definition) is 5. The molecule has 0 saturated carbocycles. The number of hydrogen-bond donors (Lipinski definition) is 1. The van der Waals surface area contributed by atoms with Crippen LogP contribution in [0.2, 0.25) is 5.02 Å². The molecule has 2 heterocycles. The second kappa shape index (κ2) is 7.81. The lowest BCUT2D eigenvalue weighted by Gasteiger charge is -2.34. The predicted molar refractivity (Wildman–Crippen MR) is 99.9 cm³/mol. The van der Waals surface area contributed by atoms with Crippen molar-refractivity contribution in [1.29, 1.82) is 0 Å². The molecule has 5 nitrogen and oxygen atoms in total. The van der Waals surface area contributed by atoms with Gasteiger partial charge in [0.2, 0.25) is 0 Å². The number of nitrogens with zero attached hydrogens (tertiary/aromatic N) is 4. The summed E-state index contributed by atoms with van der Waals surface area (Å²) in [6.45, 7) is 10.1. The van der Waals surface area contributed by atoms with Crippen molar-refractivity contribution in [3.63, 3.8) is 0 Å². The number of likely N-dealkylation sites (N-methyl/N-ethyl adjacent to an activating group) is 1. The largest absolute Gasteiger partial charge is 0.366 e. The Morgan fingerprint density at radius 2 is 1.88 bits per heavy atom. The molecule has 1 aliphatic rings. The van der Waals surface area contributed by atoms with E-state index in [-0.39, 0.29) is 0 Å². The van der Waals surface area contributed by atoms with Crippen LogP contribution >= 0.6 is 11.6 Å². The van der Waals surface area contributed by atoms with E-state index in [2.05, 4.69) is 32.0 Å². The Balaban J connectivity index is 1.69. The van der Waals surface area contributed by atoms with Crippen molar-refractivity contribution in [2.24, 2.45) is 0 Å². The van der Waals surface area contributed by atoms with E-state index in [0.29, 0.717) is 6.54 Å². The lowest BCUT2D eigenvalue weighted by molar-refractivity contribution is 0.270. The summed E-state index contributed by atoms with van der Waals surface area (Å²) in [5, 5.41) is 4.14. The molecule has 0 amide bonds. The molecule has 6 heteroatoms. The van der Waals surface area contributed by atoms with Gasteiger partial charge in [-0.25, -0.2) is 9.97 Å². The maximum Gasteiger partial charge on any atom is 0.134 e. The van der Waals surface area contributed by atoms with Gasteiger partial charge >= 0.3 is 0 Å². The van der Waals surface area contributed by atoms with Crippen LogP contribution in [0.4, 0.5) is 11.6 Å². The minimum atomic E-state index is 0.652. The topological polar surface area (TPSA) is 44.3 Å². The van der Waals surface area contributed by atoms with Crippen LogP contribution < -0.4 is 10.2 Å². The lowest BCUT2D eigenvalue weighted by atomic mass is 10.2. The Labute approximate surface area is 148 Å². The first-order valence-electron chi connectivity index (χ1n) is 8.46. The molecule has 1 N–H and O–H groups in total. The molecule has 1 aliphatic heterocycles. The molecule has 0 unspecified atom stereocenters. The van der Waals surface area contributed by atoms with Gasteiger partial charge in [-0.2, -0.15) is 0 Å². The Morgan fingerprint density at radius 3 is 2.58 bits per heavy atom. The predicted octanol–water partition coefficient (Wildman–Crippen LogP) is 3.19. The summed E-state index contributed by atoms with van der Waals surface area (Å²) in [6.07, 6.45) is 0. The zero-order valence-corrected chi connectivity index (χ0v) is 15.1. The number of rotatable bonds is 5. The zero-order valence-electron chi connectivity index (χ0n) is 14.3. The monoisotopic (exact) mass is 345 g/mol. The van der Waals surface area contributed by atoms with E-state index < -0.39 is 0 Å². The highest BCUT2D eigenvalue weighted by Gasteiger charge is 2.17. The standard InChI is InChI=1S/C18H24ClN5/c1-3-23-8-10-24(11-9-23)18-12-17(21-14(2)22-18)20-13-15-6-4-5-7-16(15)19/h4-7,12H,3,8-11,13H2,1-2H3,(H,20,21,22). The molecule has 0 radical (unpaired) electrons. The average Bonchev–Trinajstić information content (AvgIpc) is 2.61. The minimum absolute atomic E-state index is 0.652.